The second-order valence-corrected chi connectivity index (χ2v) is 3.85. The van der Waals surface area contributed by atoms with E-state index in [1.807, 2.05) is 6.92 Å². The van der Waals surface area contributed by atoms with E-state index >= 15 is 0 Å². The summed E-state index contributed by atoms with van der Waals surface area (Å²) in [5, 5.41) is 0. The molecule has 1 aromatic rings. The zero-order valence-electron chi connectivity index (χ0n) is 10.9. The molecular weight excluding hydrogens is 232 g/mol. The van der Waals surface area contributed by atoms with Gasteiger partial charge < -0.3 is 9.47 Å². The van der Waals surface area contributed by atoms with Crippen LogP contribution in [0.25, 0.3) is 0 Å². The third kappa shape index (κ3) is 3.87. The van der Waals surface area contributed by atoms with Crippen LogP contribution in [0, 0.1) is 0 Å². The monoisotopic (exact) mass is 250 g/mol. The van der Waals surface area contributed by atoms with E-state index in [2.05, 4.69) is 0 Å². The van der Waals surface area contributed by atoms with Crippen LogP contribution in [0.1, 0.15) is 37.6 Å². The molecule has 0 fully saturated rings. The predicted molar refractivity (Wildman–Crippen MR) is 67.8 cm³/mol. The van der Waals surface area contributed by atoms with E-state index in [1.54, 1.807) is 31.2 Å². The third-order valence-electron chi connectivity index (χ3n) is 2.44. The van der Waals surface area contributed by atoms with Crippen LogP contribution in [0.5, 0.6) is 5.75 Å². The van der Waals surface area contributed by atoms with Gasteiger partial charge in [0.25, 0.3) is 0 Å². The molecule has 0 aliphatic rings. The summed E-state index contributed by atoms with van der Waals surface area (Å²) in [4.78, 5) is 22.8. The number of hydrogen-bond acceptors (Lipinski definition) is 4. The summed E-state index contributed by atoms with van der Waals surface area (Å²) in [7, 11) is 0. The minimum atomic E-state index is -0.632. The molecule has 0 bridgehead atoms. The van der Waals surface area contributed by atoms with Gasteiger partial charge in [-0.25, -0.2) is 4.79 Å². The summed E-state index contributed by atoms with van der Waals surface area (Å²) in [6.07, 6.45) is -0.115. The molecule has 0 radical (unpaired) electrons. The molecule has 0 spiro atoms. The van der Waals surface area contributed by atoms with Crippen molar-refractivity contribution in [1.29, 1.82) is 0 Å². The van der Waals surface area contributed by atoms with E-state index in [-0.39, 0.29) is 11.8 Å². The number of rotatable bonds is 6. The lowest BCUT2D eigenvalue weighted by Crippen LogP contribution is -2.28. The van der Waals surface area contributed by atoms with Gasteiger partial charge in [-0.3, -0.25) is 4.79 Å². The highest BCUT2D eigenvalue weighted by Crippen LogP contribution is 2.17. The molecule has 1 atom stereocenters. The first-order valence-electron chi connectivity index (χ1n) is 6.02. The van der Waals surface area contributed by atoms with E-state index in [4.69, 9.17) is 9.47 Å². The Hall–Kier alpha value is -1.84. The zero-order chi connectivity index (χ0) is 13.5. The van der Waals surface area contributed by atoms with Gasteiger partial charge in [0.2, 0.25) is 0 Å². The van der Waals surface area contributed by atoms with Gasteiger partial charge in [0, 0.05) is 5.56 Å². The van der Waals surface area contributed by atoms with Crippen LogP contribution in [0.15, 0.2) is 24.3 Å². The first-order valence-corrected chi connectivity index (χ1v) is 6.02. The molecule has 18 heavy (non-hydrogen) atoms. The number of carbonyl (C=O) groups is 2. The lowest BCUT2D eigenvalue weighted by Gasteiger charge is -2.16. The van der Waals surface area contributed by atoms with Crippen LogP contribution in [-0.4, -0.2) is 24.5 Å². The fraction of sp³-hybridized carbons (Fsp3) is 0.429. The van der Waals surface area contributed by atoms with Gasteiger partial charge in [0.05, 0.1) is 6.61 Å². The fourth-order valence-electron chi connectivity index (χ4n) is 1.49. The molecule has 1 unspecified atom stereocenters. The van der Waals surface area contributed by atoms with E-state index in [9.17, 15) is 9.59 Å². The maximum absolute atomic E-state index is 11.6. The van der Waals surface area contributed by atoms with Crippen molar-refractivity contribution in [2.45, 2.75) is 33.3 Å². The van der Waals surface area contributed by atoms with Crippen LogP contribution < -0.4 is 4.74 Å². The molecule has 98 valence electrons. The highest BCUT2D eigenvalue weighted by atomic mass is 16.6. The number of carbonyl (C=O) groups excluding carboxylic acids is 2. The van der Waals surface area contributed by atoms with Gasteiger partial charge in [-0.1, -0.05) is 19.1 Å². The molecule has 0 saturated carbocycles. The quantitative estimate of drug-likeness (QED) is 0.575. The molecule has 0 N–H and O–H groups in total. The van der Waals surface area contributed by atoms with Crippen molar-refractivity contribution in [3.8, 4) is 5.75 Å². The number of hydrogen-bond donors (Lipinski definition) is 0. The minimum Gasteiger partial charge on any atom is -0.479 e. The number of Topliss-reactive ketones (excluding diaryl/α,β-unsaturated/α-hetero) is 1. The van der Waals surface area contributed by atoms with Gasteiger partial charge in [-0.15, -0.1) is 0 Å². The molecule has 4 heteroatoms. The number of benzene rings is 1. The lowest BCUT2D eigenvalue weighted by molar-refractivity contribution is -0.151. The first-order chi connectivity index (χ1) is 8.58. The second-order valence-electron chi connectivity index (χ2n) is 3.85. The Morgan fingerprint density at radius 2 is 2.00 bits per heavy atom. The molecule has 0 saturated heterocycles. The smallest absolute Gasteiger partial charge is 0.347 e. The number of ether oxygens (including phenoxy) is 2. The average Bonchev–Trinajstić information content (AvgIpc) is 2.36. The Kier molecular flexibility index (Phi) is 5.36. The van der Waals surface area contributed by atoms with E-state index < -0.39 is 6.10 Å². The molecule has 1 aromatic carbocycles. The minimum absolute atomic E-state index is 0.0374. The Morgan fingerprint density at radius 3 is 2.56 bits per heavy atom. The molecule has 1 rings (SSSR count). The summed E-state index contributed by atoms with van der Waals surface area (Å²) < 4.78 is 10.5. The van der Waals surface area contributed by atoms with Crippen LogP contribution in [0.3, 0.4) is 0 Å². The summed E-state index contributed by atoms with van der Waals surface area (Å²) >= 11 is 0. The highest BCUT2D eigenvalue weighted by molar-refractivity contribution is 5.94. The molecule has 0 aliphatic carbocycles. The maximum Gasteiger partial charge on any atom is 0.347 e. The standard InChI is InChI=1S/C14H18O4/c1-4-13(14(16)17-5-2)18-12-8-6-7-11(9-12)10(3)15/h6-9,13H,4-5H2,1-3H3. The first kappa shape index (κ1) is 14.2. The second kappa shape index (κ2) is 6.79. The van der Waals surface area contributed by atoms with Crippen LogP contribution in [-0.2, 0) is 9.53 Å². The van der Waals surface area contributed by atoms with Crippen molar-refractivity contribution in [2.24, 2.45) is 0 Å². The fourth-order valence-corrected chi connectivity index (χ4v) is 1.49. The Balaban J connectivity index is 2.78. The summed E-state index contributed by atoms with van der Waals surface area (Å²) in [5.74, 6) is 0.0838. The molecular formula is C14H18O4. The van der Waals surface area contributed by atoms with Crippen molar-refractivity contribution in [3.63, 3.8) is 0 Å². The molecule has 0 heterocycles. The molecule has 0 amide bonds. The van der Waals surface area contributed by atoms with E-state index in [0.29, 0.717) is 24.3 Å². The average molecular weight is 250 g/mol. The summed E-state index contributed by atoms with van der Waals surface area (Å²) in [5.41, 5.74) is 0.561. The maximum atomic E-state index is 11.6. The van der Waals surface area contributed by atoms with Crippen molar-refractivity contribution in [2.75, 3.05) is 6.61 Å². The Labute approximate surface area is 107 Å². The van der Waals surface area contributed by atoms with E-state index in [0.717, 1.165) is 0 Å². The third-order valence-corrected chi connectivity index (χ3v) is 2.44. The van der Waals surface area contributed by atoms with Crippen LogP contribution >= 0.6 is 0 Å². The van der Waals surface area contributed by atoms with Crippen molar-refractivity contribution in [3.05, 3.63) is 29.8 Å². The van der Waals surface area contributed by atoms with Gasteiger partial charge in [-0.05, 0) is 32.4 Å². The van der Waals surface area contributed by atoms with E-state index in [1.165, 1.54) is 6.92 Å². The molecule has 0 aromatic heterocycles. The van der Waals surface area contributed by atoms with Crippen LogP contribution in [0.2, 0.25) is 0 Å². The Bertz CT molecular complexity index is 426. The van der Waals surface area contributed by atoms with Gasteiger partial charge >= 0.3 is 5.97 Å². The van der Waals surface area contributed by atoms with Crippen molar-refractivity contribution < 1.29 is 19.1 Å². The van der Waals surface area contributed by atoms with Gasteiger partial charge in [-0.2, -0.15) is 0 Å². The summed E-state index contributed by atoms with van der Waals surface area (Å²) in [6, 6.07) is 6.78. The predicted octanol–water partition coefficient (Wildman–Crippen LogP) is 2.61. The number of ketones is 1. The topological polar surface area (TPSA) is 52.6 Å². The van der Waals surface area contributed by atoms with Gasteiger partial charge in [0.15, 0.2) is 11.9 Å². The van der Waals surface area contributed by atoms with Crippen LogP contribution in [0.4, 0.5) is 0 Å². The Morgan fingerprint density at radius 1 is 1.28 bits per heavy atom. The zero-order valence-corrected chi connectivity index (χ0v) is 10.9. The van der Waals surface area contributed by atoms with Gasteiger partial charge in [0.1, 0.15) is 5.75 Å². The largest absolute Gasteiger partial charge is 0.479 e. The molecule has 4 nitrogen and oxygen atoms in total. The SMILES string of the molecule is CCOC(=O)C(CC)Oc1cccc(C(C)=O)c1. The summed E-state index contributed by atoms with van der Waals surface area (Å²) in [6.45, 7) is 5.41. The lowest BCUT2D eigenvalue weighted by atomic mass is 10.1. The number of esters is 1. The normalized spacial score (nSPS) is 11.7. The van der Waals surface area contributed by atoms with Crippen molar-refractivity contribution >= 4 is 11.8 Å². The van der Waals surface area contributed by atoms with Crippen molar-refractivity contribution in [1.82, 2.24) is 0 Å². The highest BCUT2D eigenvalue weighted by Gasteiger charge is 2.19. The molecule has 0 aliphatic heterocycles.